The second-order valence-corrected chi connectivity index (χ2v) is 4.42. The number of anilines is 2. The molecule has 2 aromatic rings. The Morgan fingerprint density at radius 3 is 2.56 bits per heavy atom. The van der Waals surface area contributed by atoms with Gasteiger partial charge in [-0.05, 0) is 25.1 Å². The van der Waals surface area contributed by atoms with Gasteiger partial charge in [0.25, 0.3) is 0 Å². The predicted octanol–water partition coefficient (Wildman–Crippen LogP) is 3.05. The van der Waals surface area contributed by atoms with E-state index >= 15 is 0 Å². The molecule has 4 N–H and O–H groups in total. The fraction of sp³-hybridized carbons (Fsp3) is 0.0909. The van der Waals surface area contributed by atoms with Crippen LogP contribution in [-0.2, 0) is 0 Å². The first kappa shape index (κ1) is 12.7. The number of aromatic nitrogens is 2. The van der Waals surface area contributed by atoms with Crippen molar-refractivity contribution in [1.29, 1.82) is 0 Å². The van der Waals surface area contributed by atoms with E-state index in [0.29, 0.717) is 21.4 Å². The molecule has 0 aliphatic carbocycles. The van der Waals surface area contributed by atoms with Crippen LogP contribution < -0.4 is 16.2 Å². The molecule has 0 spiro atoms. The number of ether oxygens (including phenoxy) is 1. The van der Waals surface area contributed by atoms with Gasteiger partial charge >= 0.3 is 0 Å². The van der Waals surface area contributed by atoms with Crippen molar-refractivity contribution in [3.63, 3.8) is 0 Å². The number of nitrogen functional groups attached to an aromatic ring is 2. The number of hydrogen-bond acceptors (Lipinski definition) is 5. The lowest BCUT2D eigenvalue weighted by atomic mass is 10.3. The van der Waals surface area contributed by atoms with Crippen molar-refractivity contribution in [2.75, 3.05) is 11.5 Å². The van der Waals surface area contributed by atoms with Crippen LogP contribution >= 0.6 is 23.2 Å². The highest BCUT2D eigenvalue weighted by atomic mass is 35.5. The molecule has 18 heavy (non-hydrogen) atoms. The summed E-state index contributed by atoms with van der Waals surface area (Å²) in [5.41, 5.74) is 11.8. The molecule has 1 aromatic carbocycles. The fourth-order valence-electron chi connectivity index (χ4n) is 1.29. The summed E-state index contributed by atoms with van der Waals surface area (Å²) in [7, 11) is 0. The van der Waals surface area contributed by atoms with E-state index in [1.165, 1.54) is 0 Å². The van der Waals surface area contributed by atoms with Gasteiger partial charge in [0, 0.05) is 5.02 Å². The van der Waals surface area contributed by atoms with Gasteiger partial charge in [-0.15, -0.1) is 0 Å². The third kappa shape index (κ3) is 2.57. The molecule has 0 amide bonds. The van der Waals surface area contributed by atoms with E-state index in [4.69, 9.17) is 39.4 Å². The Hall–Kier alpha value is -1.72. The second kappa shape index (κ2) is 4.88. The van der Waals surface area contributed by atoms with Crippen molar-refractivity contribution >= 4 is 35.0 Å². The van der Waals surface area contributed by atoms with E-state index in [1.807, 2.05) is 0 Å². The van der Waals surface area contributed by atoms with Crippen LogP contribution in [0.1, 0.15) is 5.56 Å². The normalized spacial score (nSPS) is 10.4. The van der Waals surface area contributed by atoms with E-state index in [0.717, 1.165) is 0 Å². The average molecular weight is 285 g/mol. The summed E-state index contributed by atoms with van der Waals surface area (Å²) in [6.45, 7) is 1.73. The van der Waals surface area contributed by atoms with E-state index in [-0.39, 0.29) is 17.6 Å². The van der Waals surface area contributed by atoms with Crippen molar-refractivity contribution in [2.24, 2.45) is 0 Å². The van der Waals surface area contributed by atoms with Crippen molar-refractivity contribution in [3.05, 3.63) is 33.8 Å². The molecule has 0 aliphatic heterocycles. The van der Waals surface area contributed by atoms with Gasteiger partial charge in [-0.3, -0.25) is 0 Å². The molecule has 94 valence electrons. The van der Waals surface area contributed by atoms with Crippen LogP contribution in [0.5, 0.6) is 11.6 Å². The number of rotatable bonds is 2. The molecule has 0 saturated heterocycles. The van der Waals surface area contributed by atoms with Crippen molar-refractivity contribution in [2.45, 2.75) is 6.92 Å². The first-order chi connectivity index (χ1) is 8.47. The van der Waals surface area contributed by atoms with Crippen LogP contribution in [0.4, 0.5) is 11.8 Å². The fourth-order valence-corrected chi connectivity index (χ4v) is 1.74. The molecular weight excluding hydrogens is 275 g/mol. The minimum atomic E-state index is 0.0400. The highest BCUT2D eigenvalue weighted by Gasteiger charge is 2.11. The van der Waals surface area contributed by atoms with Gasteiger partial charge in [0.1, 0.15) is 11.6 Å². The number of nitrogens with zero attached hydrogens (tertiary/aromatic N) is 2. The molecule has 0 radical (unpaired) electrons. The number of nitrogens with two attached hydrogens (primary N) is 2. The Labute approximate surface area is 114 Å². The summed E-state index contributed by atoms with van der Waals surface area (Å²) in [6, 6.07) is 4.87. The second-order valence-electron chi connectivity index (χ2n) is 3.57. The summed E-state index contributed by atoms with van der Waals surface area (Å²) in [6.07, 6.45) is 0. The van der Waals surface area contributed by atoms with E-state index < -0.39 is 0 Å². The van der Waals surface area contributed by atoms with Gasteiger partial charge in [-0.25, -0.2) is 0 Å². The molecule has 0 bridgehead atoms. The molecular formula is C11H10Cl2N4O. The van der Waals surface area contributed by atoms with Gasteiger partial charge in [-0.1, -0.05) is 23.2 Å². The molecule has 0 atom stereocenters. The van der Waals surface area contributed by atoms with Gasteiger partial charge < -0.3 is 16.2 Å². The van der Waals surface area contributed by atoms with Crippen LogP contribution in [0, 0.1) is 6.92 Å². The number of benzene rings is 1. The molecule has 1 aromatic heterocycles. The Bertz CT molecular complexity index is 604. The first-order valence-electron chi connectivity index (χ1n) is 5.00. The van der Waals surface area contributed by atoms with Crippen LogP contribution in [0.2, 0.25) is 10.0 Å². The summed E-state index contributed by atoms with van der Waals surface area (Å²) < 4.78 is 5.55. The zero-order valence-electron chi connectivity index (χ0n) is 9.45. The highest BCUT2D eigenvalue weighted by molar-refractivity contribution is 6.35. The lowest BCUT2D eigenvalue weighted by Gasteiger charge is -2.10. The van der Waals surface area contributed by atoms with E-state index in [1.54, 1.807) is 25.1 Å². The van der Waals surface area contributed by atoms with Crippen molar-refractivity contribution < 1.29 is 4.74 Å². The van der Waals surface area contributed by atoms with Gasteiger partial charge in [0.05, 0.1) is 10.6 Å². The lowest BCUT2D eigenvalue weighted by molar-refractivity contribution is 0.459. The van der Waals surface area contributed by atoms with E-state index in [9.17, 15) is 0 Å². The third-order valence-corrected chi connectivity index (χ3v) is 2.79. The average Bonchev–Trinajstić information content (AvgIpc) is 2.29. The maximum Gasteiger partial charge on any atom is 0.229 e. The van der Waals surface area contributed by atoms with Gasteiger partial charge in [0.2, 0.25) is 11.8 Å². The Kier molecular flexibility index (Phi) is 3.45. The third-order valence-electron chi connectivity index (χ3n) is 2.26. The molecule has 0 fully saturated rings. The minimum Gasteiger partial charge on any atom is -0.437 e. The smallest absolute Gasteiger partial charge is 0.229 e. The minimum absolute atomic E-state index is 0.0400. The molecule has 5 nitrogen and oxygen atoms in total. The molecule has 0 aliphatic rings. The maximum absolute atomic E-state index is 6.00. The summed E-state index contributed by atoms with van der Waals surface area (Å²) in [4.78, 5) is 7.79. The molecule has 0 unspecified atom stereocenters. The molecule has 7 heteroatoms. The van der Waals surface area contributed by atoms with Gasteiger partial charge in [-0.2, -0.15) is 9.97 Å². The number of halogens is 2. The van der Waals surface area contributed by atoms with Crippen LogP contribution in [0.3, 0.4) is 0 Å². The van der Waals surface area contributed by atoms with Crippen LogP contribution in [0.15, 0.2) is 18.2 Å². The quantitative estimate of drug-likeness (QED) is 0.885. The van der Waals surface area contributed by atoms with Crippen LogP contribution in [0.25, 0.3) is 0 Å². The number of hydrogen-bond donors (Lipinski definition) is 2. The Balaban J connectivity index is 2.40. The SMILES string of the molecule is Cc1c(N)nc(N)nc1Oc1ccc(Cl)cc1Cl. The monoisotopic (exact) mass is 284 g/mol. The largest absolute Gasteiger partial charge is 0.437 e. The zero-order valence-corrected chi connectivity index (χ0v) is 11.0. The summed E-state index contributed by atoms with van der Waals surface area (Å²) in [5.74, 6) is 0.992. The van der Waals surface area contributed by atoms with Gasteiger partial charge in [0.15, 0.2) is 0 Å². The standard InChI is InChI=1S/C11H10Cl2N4O/c1-5-9(14)16-11(15)17-10(5)18-8-3-2-6(12)4-7(8)13/h2-4H,1H3,(H4,14,15,16,17). The topological polar surface area (TPSA) is 87.0 Å². The summed E-state index contributed by atoms with van der Waals surface area (Å²) >= 11 is 11.8. The molecule has 2 rings (SSSR count). The lowest BCUT2D eigenvalue weighted by Crippen LogP contribution is -2.04. The Morgan fingerprint density at radius 1 is 1.17 bits per heavy atom. The van der Waals surface area contributed by atoms with Crippen LogP contribution in [-0.4, -0.2) is 9.97 Å². The predicted molar refractivity (Wildman–Crippen MR) is 72.1 cm³/mol. The Morgan fingerprint density at radius 2 is 1.89 bits per heavy atom. The van der Waals surface area contributed by atoms with Crippen molar-refractivity contribution in [1.82, 2.24) is 9.97 Å². The first-order valence-corrected chi connectivity index (χ1v) is 5.75. The van der Waals surface area contributed by atoms with E-state index in [2.05, 4.69) is 9.97 Å². The highest BCUT2D eigenvalue weighted by Crippen LogP contribution is 2.33. The molecule has 1 heterocycles. The summed E-state index contributed by atoms with van der Waals surface area (Å²) in [5, 5.41) is 0.892. The molecule has 0 saturated carbocycles. The maximum atomic E-state index is 6.00. The zero-order chi connectivity index (χ0) is 13.3. The van der Waals surface area contributed by atoms with Crippen molar-refractivity contribution in [3.8, 4) is 11.6 Å².